The Kier molecular flexibility index (Phi) is 5.37. The molecule has 0 radical (unpaired) electrons. The van der Waals surface area contributed by atoms with Crippen LogP contribution < -0.4 is 10.6 Å². The highest BCUT2D eigenvalue weighted by Crippen LogP contribution is 2.29. The summed E-state index contributed by atoms with van der Waals surface area (Å²) in [4.78, 5) is 28.1. The molecule has 3 rings (SSSR count). The summed E-state index contributed by atoms with van der Waals surface area (Å²) in [5.41, 5.74) is 1.62. The molecule has 1 aliphatic rings. The molecule has 0 aliphatic carbocycles. The number of pyridine rings is 1. The molecule has 0 saturated carbocycles. The number of hydrogen-bond acceptors (Lipinski definition) is 3. The van der Waals surface area contributed by atoms with Gasteiger partial charge in [0.15, 0.2) is 0 Å². The van der Waals surface area contributed by atoms with Crippen molar-refractivity contribution in [2.24, 2.45) is 5.92 Å². The molecule has 2 atom stereocenters. The first-order valence-corrected chi connectivity index (χ1v) is 9.41. The fourth-order valence-corrected chi connectivity index (χ4v) is 3.98. The van der Waals surface area contributed by atoms with Crippen LogP contribution in [0.5, 0.6) is 0 Å². The molecule has 1 saturated heterocycles. The van der Waals surface area contributed by atoms with Crippen molar-refractivity contribution in [3.8, 4) is 0 Å². The lowest BCUT2D eigenvalue weighted by Crippen LogP contribution is -2.29. The molecule has 2 aromatic rings. The van der Waals surface area contributed by atoms with Gasteiger partial charge < -0.3 is 10.6 Å². The number of aromatic nitrogens is 1. The van der Waals surface area contributed by atoms with Crippen molar-refractivity contribution < 1.29 is 9.59 Å². The number of carbonyl (C=O) groups excluding carboxylic acids is 2. The smallest absolute Gasteiger partial charge is 0.251 e. The van der Waals surface area contributed by atoms with Gasteiger partial charge in [-0.3, -0.25) is 14.6 Å². The van der Waals surface area contributed by atoms with Crippen molar-refractivity contribution >= 4 is 38.5 Å². The van der Waals surface area contributed by atoms with Crippen LogP contribution in [0.3, 0.4) is 0 Å². The maximum atomic E-state index is 11.9. The van der Waals surface area contributed by atoms with Crippen LogP contribution in [0.4, 0.5) is 0 Å². The first kappa shape index (κ1) is 17.9. The van der Waals surface area contributed by atoms with Crippen LogP contribution in [0.15, 0.2) is 28.9 Å². The first-order valence-electron chi connectivity index (χ1n) is 8.62. The number of benzene rings is 1. The maximum absolute atomic E-state index is 11.9. The average molecular weight is 404 g/mol. The predicted molar refractivity (Wildman–Crippen MR) is 101 cm³/mol. The lowest BCUT2D eigenvalue weighted by molar-refractivity contribution is -0.119. The lowest BCUT2D eigenvalue weighted by atomic mass is 9.93. The third-order valence-electron chi connectivity index (χ3n) is 4.99. The number of aryl methyl sites for hydroxylation is 1. The van der Waals surface area contributed by atoms with Gasteiger partial charge in [-0.2, -0.15) is 0 Å². The Morgan fingerprint density at radius 2 is 2.20 bits per heavy atom. The molecule has 1 fully saturated rings. The Morgan fingerprint density at radius 1 is 1.40 bits per heavy atom. The van der Waals surface area contributed by atoms with Gasteiger partial charge in [0.2, 0.25) is 5.91 Å². The molecule has 1 unspecified atom stereocenters. The van der Waals surface area contributed by atoms with E-state index in [2.05, 4.69) is 38.5 Å². The first-order chi connectivity index (χ1) is 12.0. The number of carbonyl (C=O) groups is 2. The highest BCUT2D eigenvalue weighted by atomic mass is 79.9. The van der Waals surface area contributed by atoms with Gasteiger partial charge in [0.05, 0.1) is 0 Å². The summed E-state index contributed by atoms with van der Waals surface area (Å²) in [6.07, 6.45) is 5.10. The molecule has 1 aliphatic heterocycles. The largest absolute Gasteiger partial charge is 0.355 e. The summed E-state index contributed by atoms with van der Waals surface area (Å²) < 4.78 is 0.873. The number of nitrogens with zero attached hydrogens (tertiary/aromatic N) is 1. The molecule has 25 heavy (non-hydrogen) atoms. The Labute approximate surface area is 155 Å². The molecule has 0 spiro atoms. The van der Waals surface area contributed by atoms with E-state index in [1.54, 1.807) is 13.2 Å². The molecule has 6 heteroatoms. The van der Waals surface area contributed by atoms with Gasteiger partial charge in [-0.25, -0.2) is 0 Å². The Hall–Kier alpha value is -1.95. The fourth-order valence-electron chi connectivity index (χ4n) is 3.54. The van der Waals surface area contributed by atoms with Crippen molar-refractivity contribution in [3.63, 3.8) is 0 Å². The molecule has 2 heterocycles. The van der Waals surface area contributed by atoms with E-state index in [-0.39, 0.29) is 17.9 Å². The van der Waals surface area contributed by atoms with E-state index in [0.717, 1.165) is 40.2 Å². The maximum Gasteiger partial charge on any atom is 0.251 e. The zero-order valence-corrected chi connectivity index (χ0v) is 16.0. The van der Waals surface area contributed by atoms with Gasteiger partial charge in [0.25, 0.3) is 5.91 Å². The molecule has 2 N–H and O–H groups in total. The van der Waals surface area contributed by atoms with E-state index in [1.165, 1.54) is 0 Å². The van der Waals surface area contributed by atoms with Crippen molar-refractivity contribution in [2.75, 3.05) is 7.05 Å². The van der Waals surface area contributed by atoms with E-state index in [0.29, 0.717) is 17.9 Å². The van der Waals surface area contributed by atoms with Gasteiger partial charge in [-0.15, -0.1) is 0 Å². The monoisotopic (exact) mass is 403 g/mol. The van der Waals surface area contributed by atoms with Crippen LogP contribution >= 0.6 is 15.9 Å². The number of halogens is 1. The number of rotatable bonds is 5. The van der Waals surface area contributed by atoms with Crippen LogP contribution in [0.1, 0.15) is 42.2 Å². The number of amides is 2. The number of hydrogen-bond donors (Lipinski definition) is 2. The molecular weight excluding hydrogens is 382 g/mol. The summed E-state index contributed by atoms with van der Waals surface area (Å²) in [7, 11) is 1.62. The quantitative estimate of drug-likeness (QED) is 0.804. The normalized spacial score (nSPS) is 19.9. The molecule has 132 valence electrons. The SMILES string of the molecule is CC[C@@H]1CC(=O)NC1CCc1ncc(Br)c2cc(C(=O)NC)ccc12. The van der Waals surface area contributed by atoms with Crippen LogP contribution in [-0.4, -0.2) is 29.9 Å². The van der Waals surface area contributed by atoms with Gasteiger partial charge in [-0.05, 0) is 46.8 Å². The van der Waals surface area contributed by atoms with Crippen molar-refractivity contribution in [2.45, 2.75) is 38.6 Å². The van der Waals surface area contributed by atoms with Crippen LogP contribution in [0.2, 0.25) is 0 Å². The van der Waals surface area contributed by atoms with Crippen molar-refractivity contribution in [3.05, 3.63) is 40.1 Å². The topological polar surface area (TPSA) is 71.1 Å². The van der Waals surface area contributed by atoms with E-state index in [4.69, 9.17) is 0 Å². The molecular formula is C19H22BrN3O2. The lowest BCUT2D eigenvalue weighted by Gasteiger charge is -2.17. The van der Waals surface area contributed by atoms with Crippen LogP contribution in [-0.2, 0) is 11.2 Å². The fraction of sp³-hybridized carbons (Fsp3) is 0.421. The van der Waals surface area contributed by atoms with Gasteiger partial charge in [0.1, 0.15) is 0 Å². The minimum absolute atomic E-state index is 0.105. The average Bonchev–Trinajstić information content (AvgIpc) is 3.00. The summed E-state index contributed by atoms with van der Waals surface area (Å²) in [6, 6.07) is 5.89. The third kappa shape index (κ3) is 3.68. The Morgan fingerprint density at radius 3 is 2.92 bits per heavy atom. The summed E-state index contributed by atoms with van der Waals surface area (Å²) in [5, 5.41) is 7.76. The summed E-state index contributed by atoms with van der Waals surface area (Å²) in [6.45, 7) is 2.13. The Balaban J connectivity index is 1.86. The molecule has 2 amide bonds. The van der Waals surface area contributed by atoms with Gasteiger partial charge in [0, 0.05) is 52.2 Å². The molecule has 0 bridgehead atoms. The van der Waals surface area contributed by atoms with Crippen LogP contribution in [0.25, 0.3) is 10.8 Å². The molecule has 1 aromatic carbocycles. The minimum atomic E-state index is -0.105. The minimum Gasteiger partial charge on any atom is -0.355 e. The van der Waals surface area contributed by atoms with Gasteiger partial charge >= 0.3 is 0 Å². The Bertz CT molecular complexity index is 822. The van der Waals surface area contributed by atoms with Crippen LogP contribution in [0, 0.1) is 5.92 Å². The van der Waals surface area contributed by atoms with Gasteiger partial charge in [-0.1, -0.05) is 19.4 Å². The van der Waals surface area contributed by atoms with Crippen molar-refractivity contribution in [1.29, 1.82) is 0 Å². The van der Waals surface area contributed by atoms with E-state index >= 15 is 0 Å². The standard InChI is InChI=1S/C19H22BrN3O2/c1-3-11-9-18(24)23-16(11)6-7-17-13-5-4-12(19(25)21-2)8-14(13)15(20)10-22-17/h4-5,8,10-11,16H,3,6-7,9H2,1-2H3,(H,21,25)(H,23,24)/t11-,16?/m1/s1. The van der Waals surface area contributed by atoms with Crippen molar-refractivity contribution in [1.82, 2.24) is 15.6 Å². The summed E-state index contributed by atoms with van der Waals surface area (Å²) in [5.74, 6) is 0.460. The second-order valence-electron chi connectivity index (χ2n) is 6.48. The zero-order valence-electron chi connectivity index (χ0n) is 14.4. The number of nitrogens with one attached hydrogen (secondary N) is 2. The molecule has 1 aromatic heterocycles. The van der Waals surface area contributed by atoms with E-state index in [1.807, 2.05) is 18.2 Å². The predicted octanol–water partition coefficient (Wildman–Crippen LogP) is 3.20. The summed E-state index contributed by atoms with van der Waals surface area (Å²) >= 11 is 3.53. The second kappa shape index (κ2) is 7.52. The second-order valence-corrected chi connectivity index (χ2v) is 7.33. The zero-order chi connectivity index (χ0) is 18.0. The highest BCUT2D eigenvalue weighted by Gasteiger charge is 2.30. The van der Waals surface area contributed by atoms with E-state index < -0.39 is 0 Å². The molecule has 5 nitrogen and oxygen atoms in total. The third-order valence-corrected chi connectivity index (χ3v) is 5.62. The van der Waals surface area contributed by atoms with E-state index in [9.17, 15) is 9.59 Å². The highest BCUT2D eigenvalue weighted by molar-refractivity contribution is 9.10. The number of fused-ring (bicyclic) bond motifs is 1.